The second-order valence-electron chi connectivity index (χ2n) is 5.83. The topological polar surface area (TPSA) is 39.1 Å². The van der Waals surface area contributed by atoms with Gasteiger partial charge in [0.15, 0.2) is 11.2 Å². The molecule has 0 aliphatic carbocycles. The third-order valence-electron chi connectivity index (χ3n) is 3.98. The summed E-state index contributed by atoms with van der Waals surface area (Å²) in [4.78, 5) is 25.0. The van der Waals surface area contributed by atoms with Gasteiger partial charge in [0.2, 0.25) is 0 Å². The summed E-state index contributed by atoms with van der Waals surface area (Å²) in [6.45, 7) is 3.56. The fraction of sp³-hybridized carbons (Fsp3) is 0.333. The second-order valence-corrected chi connectivity index (χ2v) is 5.83. The van der Waals surface area contributed by atoms with Crippen LogP contribution in [0.15, 0.2) is 41.5 Å². The van der Waals surface area contributed by atoms with Gasteiger partial charge in [-0.2, -0.15) is 13.2 Å². The summed E-state index contributed by atoms with van der Waals surface area (Å²) >= 11 is 0. The Kier molecular flexibility index (Phi) is 4.96. The number of carbonyl (C=O) groups excluding carboxylic acids is 1. The Bertz CT molecular complexity index is 822. The van der Waals surface area contributed by atoms with Crippen molar-refractivity contribution in [3.8, 4) is 11.1 Å². The highest BCUT2D eigenvalue weighted by atomic mass is 19.4. The summed E-state index contributed by atoms with van der Waals surface area (Å²) in [7, 11) is 1.63. The largest absolute Gasteiger partial charge is 0.416 e. The zero-order chi connectivity index (χ0) is 18.1. The molecule has 1 aromatic carbocycles. The molecule has 6 heteroatoms. The predicted molar refractivity (Wildman–Crippen MR) is 85.9 cm³/mol. The SMILES string of the molecule is CCC(C)C(=O)c1cn(C)cc(-c2cccc(C(F)(F)F)c2)c1=O. The van der Waals surface area contributed by atoms with Crippen molar-refractivity contribution in [2.24, 2.45) is 13.0 Å². The van der Waals surface area contributed by atoms with Gasteiger partial charge >= 0.3 is 6.18 Å². The minimum absolute atomic E-state index is 0.00163. The molecule has 0 saturated carbocycles. The Morgan fingerprint density at radius 1 is 1.25 bits per heavy atom. The van der Waals surface area contributed by atoms with E-state index in [1.165, 1.54) is 29.1 Å². The molecule has 1 aromatic heterocycles. The van der Waals surface area contributed by atoms with Gasteiger partial charge < -0.3 is 4.57 Å². The Hall–Kier alpha value is -2.37. The van der Waals surface area contributed by atoms with Crippen molar-refractivity contribution in [1.82, 2.24) is 4.57 Å². The molecule has 0 spiro atoms. The first-order chi connectivity index (χ1) is 11.1. The summed E-state index contributed by atoms with van der Waals surface area (Å²) in [5.41, 5.74) is -1.15. The summed E-state index contributed by atoms with van der Waals surface area (Å²) in [6, 6.07) is 4.56. The fourth-order valence-corrected chi connectivity index (χ4v) is 2.40. The molecule has 2 rings (SSSR count). The van der Waals surface area contributed by atoms with Crippen LogP contribution in [0.25, 0.3) is 11.1 Å². The number of pyridine rings is 1. The molecule has 2 aromatic rings. The third-order valence-corrected chi connectivity index (χ3v) is 3.98. The van der Waals surface area contributed by atoms with Crippen LogP contribution in [0, 0.1) is 5.92 Å². The van der Waals surface area contributed by atoms with E-state index in [9.17, 15) is 22.8 Å². The molecule has 0 aliphatic rings. The zero-order valence-electron chi connectivity index (χ0n) is 13.6. The maximum absolute atomic E-state index is 12.9. The number of alkyl halides is 3. The van der Waals surface area contributed by atoms with Crippen molar-refractivity contribution in [3.63, 3.8) is 0 Å². The number of nitrogens with zero attached hydrogens (tertiary/aromatic N) is 1. The Morgan fingerprint density at radius 3 is 2.50 bits per heavy atom. The lowest BCUT2D eigenvalue weighted by Gasteiger charge is -2.12. The van der Waals surface area contributed by atoms with E-state index in [-0.39, 0.29) is 28.4 Å². The van der Waals surface area contributed by atoms with E-state index >= 15 is 0 Å². The predicted octanol–water partition coefficient (Wildman–Crippen LogP) is 4.30. The molecule has 24 heavy (non-hydrogen) atoms. The van der Waals surface area contributed by atoms with Crippen LogP contribution in [0.3, 0.4) is 0 Å². The number of benzene rings is 1. The van der Waals surface area contributed by atoms with E-state index in [0.717, 1.165) is 12.1 Å². The van der Waals surface area contributed by atoms with Crippen molar-refractivity contribution in [3.05, 3.63) is 58.0 Å². The number of rotatable bonds is 4. The van der Waals surface area contributed by atoms with Crippen molar-refractivity contribution in [1.29, 1.82) is 0 Å². The summed E-state index contributed by atoms with van der Waals surface area (Å²) < 4.78 is 40.2. The first-order valence-corrected chi connectivity index (χ1v) is 7.57. The van der Waals surface area contributed by atoms with Crippen LogP contribution in [0.4, 0.5) is 13.2 Å². The highest BCUT2D eigenvalue weighted by Gasteiger charge is 2.30. The smallest absolute Gasteiger partial charge is 0.356 e. The fourth-order valence-electron chi connectivity index (χ4n) is 2.40. The van der Waals surface area contributed by atoms with Gasteiger partial charge in [-0.3, -0.25) is 9.59 Å². The number of carbonyl (C=O) groups is 1. The number of hydrogen-bond donors (Lipinski definition) is 0. The molecule has 0 radical (unpaired) electrons. The van der Waals surface area contributed by atoms with E-state index in [2.05, 4.69) is 0 Å². The van der Waals surface area contributed by atoms with Gasteiger partial charge in [0.25, 0.3) is 0 Å². The quantitative estimate of drug-likeness (QED) is 0.780. The highest BCUT2D eigenvalue weighted by molar-refractivity contribution is 5.98. The monoisotopic (exact) mass is 337 g/mol. The number of halogens is 3. The molecule has 0 N–H and O–H groups in total. The van der Waals surface area contributed by atoms with E-state index in [4.69, 9.17) is 0 Å². The number of ketones is 1. The lowest BCUT2D eigenvalue weighted by atomic mass is 9.95. The Morgan fingerprint density at radius 2 is 1.92 bits per heavy atom. The Labute approximate surface area is 137 Å². The van der Waals surface area contributed by atoms with Crippen LogP contribution in [-0.2, 0) is 13.2 Å². The molecule has 0 saturated heterocycles. The zero-order valence-corrected chi connectivity index (χ0v) is 13.6. The standard InChI is InChI=1S/C18H18F3NO2/c1-4-11(2)16(23)15-10-22(3)9-14(17(15)24)12-6-5-7-13(8-12)18(19,20)21/h5-11H,4H2,1-3H3. The molecule has 128 valence electrons. The van der Waals surface area contributed by atoms with E-state index in [0.29, 0.717) is 6.42 Å². The molecular weight excluding hydrogens is 319 g/mol. The molecular formula is C18H18F3NO2. The average Bonchev–Trinajstić information content (AvgIpc) is 2.54. The van der Waals surface area contributed by atoms with Crippen LogP contribution in [-0.4, -0.2) is 10.4 Å². The number of Topliss-reactive ketones (excluding diaryl/α,β-unsaturated/α-hetero) is 1. The van der Waals surface area contributed by atoms with Crippen LogP contribution in [0.1, 0.15) is 36.2 Å². The lowest BCUT2D eigenvalue weighted by Crippen LogP contribution is -2.23. The van der Waals surface area contributed by atoms with Gasteiger partial charge in [0, 0.05) is 30.9 Å². The van der Waals surface area contributed by atoms with Gasteiger partial charge in [-0.15, -0.1) is 0 Å². The number of hydrogen-bond acceptors (Lipinski definition) is 2. The molecule has 0 bridgehead atoms. The maximum Gasteiger partial charge on any atom is 0.416 e. The number of aromatic nitrogens is 1. The van der Waals surface area contributed by atoms with Crippen LogP contribution >= 0.6 is 0 Å². The molecule has 1 unspecified atom stereocenters. The van der Waals surface area contributed by atoms with E-state index in [1.807, 2.05) is 6.92 Å². The molecule has 0 fully saturated rings. The molecule has 0 amide bonds. The minimum Gasteiger partial charge on any atom is -0.356 e. The van der Waals surface area contributed by atoms with Crippen molar-refractivity contribution < 1.29 is 18.0 Å². The van der Waals surface area contributed by atoms with E-state index in [1.54, 1.807) is 14.0 Å². The van der Waals surface area contributed by atoms with Gasteiger partial charge in [0.05, 0.1) is 11.1 Å². The van der Waals surface area contributed by atoms with Gasteiger partial charge in [0.1, 0.15) is 0 Å². The Balaban J connectivity index is 2.63. The normalized spacial score (nSPS) is 12.9. The van der Waals surface area contributed by atoms with E-state index < -0.39 is 17.2 Å². The molecule has 1 heterocycles. The van der Waals surface area contributed by atoms with Crippen molar-refractivity contribution >= 4 is 5.78 Å². The van der Waals surface area contributed by atoms with Crippen LogP contribution in [0.2, 0.25) is 0 Å². The first kappa shape index (κ1) is 18.0. The summed E-state index contributed by atoms with van der Waals surface area (Å²) in [5.74, 6) is -0.624. The molecule has 1 atom stereocenters. The van der Waals surface area contributed by atoms with Gasteiger partial charge in [-0.25, -0.2) is 0 Å². The van der Waals surface area contributed by atoms with Crippen molar-refractivity contribution in [2.45, 2.75) is 26.4 Å². The van der Waals surface area contributed by atoms with Gasteiger partial charge in [-0.1, -0.05) is 26.0 Å². The maximum atomic E-state index is 12.9. The van der Waals surface area contributed by atoms with Crippen molar-refractivity contribution in [2.75, 3.05) is 0 Å². The third kappa shape index (κ3) is 3.58. The number of aryl methyl sites for hydroxylation is 1. The first-order valence-electron chi connectivity index (χ1n) is 7.57. The molecule has 3 nitrogen and oxygen atoms in total. The van der Waals surface area contributed by atoms with Crippen LogP contribution in [0.5, 0.6) is 0 Å². The molecule has 0 aliphatic heterocycles. The average molecular weight is 337 g/mol. The second kappa shape index (κ2) is 6.63. The summed E-state index contributed by atoms with van der Waals surface area (Å²) in [5, 5.41) is 0. The minimum atomic E-state index is -4.49. The summed E-state index contributed by atoms with van der Waals surface area (Å²) in [6.07, 6.45) is -1.06. The van der Waals surface area contributed by atoms with Crippen LogP contribution < -0.4 is 5.43 Å². The lowest BCUT2D eigenvalue weighted by molar-refractivity contribution is -0.137. The highest BCUT2D eigenvalue weighted by Crippen LogP contribution is 2.31. The van der Waals surface area contributed by atoms with Gasteiger partial charge in [-0.05, 0) is 24.1 Å².